The van der Waals surface area contributed by atoms with Crippen molar-refractivity contribution in [2.24, 2.45) is 5.73 Å². The van der Waals surface area contributed by atoms with Crippen molar-refractivity contribution in [3.05, 3.63) is 29.6 Å². The van der Waals surface area contributed by atoms with Gasteiger partial charge in [0.2, 0.25) is 0 Å². The van der Waals surface area contributed by atoms with E-state index in [0.29, 0.717) is 0 Å². The highest BCUT2D eigenvalue weighted by Gasteiger charge is 2.18. The van der Waals surface area contributed by atoms with Gasteiger partial charge in [-0.25, -0.2) is 4.98 Å². The summed E-state index contributed by atoms with van der Waals surface area (Å²) >= 11 is 0. The largest absolute Gasteiger partial charge is 0.394 e. The maximum atomic E-state index is 9.20. The number of nitrogens with zero attached hydrogens (tertiary/aromatic N) is 2. The topological polar surface area (TPSA) is 64.1 Å². The van der Waals surface area contributed by atoms with Crippen LogP contribution < -0.4 is 5.73 Å². The summed E-state index contributed by atoms with van der Waals surface area (Å²) in [4.78, 5) is 4.54. The standard InChI is InChI=1S/C13H19N3O/c1-8(2)16-12-5-4-9(3)6-11(12)15-13(16)10(14)7-17/h4-6,8,10,17H,7,14H2,1-3H3. The summed E-state index contributed by atoms with van der Waals surface area (Å²) in [6.45, 7) is 6.14. The molecule has 0 amide bonds. The lowest BCUT2D eigenvalue weighted by Crippen LogP contribution is -2.20. The smallest absolute Gasteiger partial charge is 0.129 e. The normalized spacial score (nSPS) is 13.5. The number of benzene rings is 1. The van der Waals surface area contributed by atoms with Crippen LogP contribution in [0, 0.1) is 6.92 Å². The molecular weight excluding hydrogens is 214 g/mol. The first-order chi connectivity index (χ1) is 8.04. The van der Waals surface area contributed by atoms with Gasteiger partial charge in [-0.3, -0.25) is 0 Å². The van der Waals surface area contributed by atoms with Gasteiger partial charge in [-0.15, -0.1) is 0 Å². The third kappa shape index (κ3) is 2.06. The second kappa shape index (κ2) is 4.47. The van der Waals surface area contributed by atoms with Crippen molar-refractivity contribution in [3.63, 3.8) is 0 Å². The van der Waals surface area contributed by atoms with Crippen LogP contribution >= 0.6 is 0 Å². The molecule has 1 heterocycles. The second-order valence-corrected chi connectivity index (χ2v) is 4.71. The van der Waals surface area contributed by atoms with Crippen molar-refractivity contribution in [3.8, 4) is 0 Å². The molecule has 1 atom stereocenters. The minimum absolute atomic E-state index is 0.0883. The quantitative estimate of drug-likeness (QED) is 0.851. The summed E-state index contributed by atoms with van der Waals surface area (Å²) in [5.41, 5.74) is 9.09. The summed E-state index contributed by atoms with van der Waals surface area (Å²) < 4.78 is 2.09. The first-order valence-electron chi connectivity index (χ1n) is 5.89. The van der Waals surface area contributed by atoms with Gasteiger partial charge in [0, 0.05) is 6.04 Å². The number of aromatic nitrogens is 2. The van der Waals surface area contributed by atoms with Crippen LogP contribution in [-0.2, 0) is 0 Å². The van der Waals surface area contributed by atoms with Crippen molar-refractivity contribution in [1.82, 2.24) is 9.55 Å². The number of hydrogen-bond acceptors (Lipinski definition) is 3. The zero-order valence-electron chi connectivity index (χ0n) is 10.5. The Balaban J connectivity index is 2.70. The van der Waals surface area contributed by atoms with Gasteiger partial charge in [0.05, 0.1) is 23.7 Å². The molecule has 0 radical (unpaired) electrons. The van der Waals surface area contributed by atoms with Gasteiger partial charge in [-0.05, 0) is 38.5 Å². The minimum atomic E-state index is -0.426. The average molecular weight is 233 g/mol. The highest BCUT2D eigenvalue weighted by Crippen LogP contribution is 2.24. The third-order valence-corrected chi connectivity index (χ3v) is 2.92. The predicted molar refractivity (Wildman–Crippen MR) is 68.9 cm³/mol. The van der Waals surface area contributed by atoms with Gasteiger partial charge < -0.3 is 15.4 Å². The molecule has 0 spiro atoms. The third-order valence-electron chi connectivity index (χ3n) is 2.92. The number of aliphatic hydroxyl groups excluding tert-OH is 1. The molecule has 92 valence electrons. The zero-order chi connectivity index (χ0) is 12.6. The van der Waals surface area contributed by atoms with Crippen LogP contribution in [0.5, 0.6) is 0 Å². The zero-order valence-corrected chi connectivity index (χ0v) is 10.5. The molecule has 0 saturated carbocycles. The van der Waals surface area contributed by atoms with Crippen molar-refractivity contribution in [2.75, 3.05) is 6.61 Å². The Bertz CT molecular complexity index is 531. The summed E-state index contributed by atoms with van der Waals surface area (Å²) in [6.07, 6.45) is 0. The van der Waals surface area contributed by atoms with Crippen molar-refractivity contribution in [2.45, 2.75) is 32.9 Å². The fourth-order valence-corrected chi connectivity index (χ4v) is 2.11. The van der Waals surface area contributed by atoms with Crippen LogP contribution in [0.3, 0.4) is 0 Å². The van der Waals surface area contributed by atoms with Crippen LogP contribution in [0.1, 0.15) is 37.3 Å². The van der Waals surface area contributed by atoms with Gasteiger partial charge >= 0.3 is 0 Å². The molecular formula is C13H19N3O. The van der Waals surface area contributed by atoms with Gasteiger partial charge in [-0.1, -0.05) is 6.07 Å². The van der Waals surface area contributed by atoms with Crippen LogP contribution in [-0.4, -0.2) is 21.3 Å². The first kappa shape index (κ1) is 12.1. The van der Waals surface area contributed by atoms with E-state index in [0.717, 1.165) is 16.9 Å². The van der Waals surface area contributed by atoms with Gasteiger partial charge in [0.1, 0.15) is 5.82 Å². The molecule has 0 aliphatic heterocycles. The number of imidazole rings is 1. The van der Waals surface area contributed by atoms with Gasteiger partial charge in [-0.2, -0.15) is 0 Å². The number of rotatable bonds is 3. The molecule has 3 N–H and O–H groups in total. The van der Waals surface area contributed by atoms with Crippen molar-refractivity contribution < 1.29 is 5.11 Å². The molecule has 2 rings (SSSR count). The number of nitrogens with two attached hydrogens (primary N) is 1. The molecule has 4 nitrogen and oxygen atoms in total. The Hall–Kier alpha value is -1.39. The van der Waals surface area contributed by atoms with E-state index in [1.807, 2.05) is 13.0 Å². The first-order valence-corrected chi connectivity index (χ1v) is 5.89. The summed E-state index contributed by atoms with van der Waals surface area (Å²) in [5.74, 6) is 0.753. The Morgan fingerprint density at radius 2 is 2.12 bits per heavy atom. The molecule has 17 heavy (non-hydrogen) atoms. The number of aliphatic hydroxyl groups is 1. The van der Waals surface area contributed by atoms with E-state index in [-0.39, 0.29) is 12.6 Å². The molecule has 0 bridgehead atoms. The Kier molecular flexibility index (Phi) is 3.17. The molecule has 1 aromatic heterocycles. The van der Waals surface area contributed by atoms with Gasteiger partial charge in [0.25, 0.3) is 0 Å². The lowest BCUT2D eigenvalue weighted by Gasteiger charge is -2.16. The number of aryl methyl sites for hydroxylation is 1. The van der Waals surface area contributed by atoms with Crippen LogP contribution in [0.15, 0.2) is 18.2 Å². The lowest BCUT2D eigenvalue weighted by molar-refractivity contribution is 0.260. The van der Waals surface area contributed by atoms with Crippen LogP contribution in [0.2, 0.25) is 0 Å². The van der Waals surface area contributed by atoms with Crippen molar-refractivity contribution >= 4 is 11.0 Å². The molecule has 0 aliphatic carbocycles. The van der Waals surface area contributed by atoms with E-state index in [1.165, 1.54) is 5.56 Å². The second-order valence-electron chi connectivity index (χ2n) is 4.71. The molecule has 1 aromatic carbocycles. The summed E-state index contributed by atoms with van der Waals surface area (Å²) in [5, 5.41) is 9.20. The van der Waals surface area contributed by atoms with E-state index in [2.05, 4.69) is 35.5 Å². The SMILES string of the molecule is Cc1ccc2c(c1)nc(C(N)CO)n2C(C)C. The highest BCUT2D eigenvalue weighted by molar-refractivity contribution is 5.77. The van der Waals surface area contributed by atoms with Crippen LogP contribution in [0.25, 0.3) is 11.0 Å². The van der Waals surface area contributed by atoms with E-state index in [4.69, 9.17) is 5.73 Å². The summed E-state index contributed by atoms with van der Waals surface area (Å²) in [7, 11) is 0. The Labute approximate surface area is 101 Å². The monoisotopic (exact) mass is 233 g/mol. The highest BCUT2D eigenvalue weighted by atomic mass is 16.3. The van der Waals surface area contributed by atoms with Crippen molar-refractivity contribution in [1.29, 1.82) is 0 Å². The molecule has 0 aliphatic rings. The van der Waals surface area contributed by atoms with E-state index >= 15 is 0 Å². The molecule has 2 aromatic rings. The van der Waals surface area contributed by atoms with Gasteiger partial charge in [0.15, 0.2) is 0 Å². The van der Waals surface area contributed by atoms with E-state index < -0.39 is 6.04 Å². The van der Waals surface area contributed by atoms with Crippen LogP contribution in [0.4, 0.5) is 0 Å². The fourth-order valence-electron chi connectivity index (χ4n) is 2.11. The molecule has 0 saturated heterocycles. The Morgan fingerprint density at radius 3 is 2.71 bits per heavy atom. The average Bonchev–Trinajstić information content (AvgIpc) is 2.66. The fraction of sp³-hybridized carbons (Fsp3) is 0.462. The minimum Gasteiger partial charge on any atom is -0.394 e. The lowest BCUT2D eigenvalue weighted by atomic mass is 10.2. The van der Waals surface area contributed by atoms with E-state index in [9.17, 15) is 5.11 Å². The molecule has 0 fully saturated rings. The number of fused-ring (bicyclic) bond motifs is 1. The maximum Gasteiger partial charge on any atom is 0.129 e. The molecule has 1 unspecified atom stereocenters. The van der Waals surface area contributed by atoms with E-state index in [1.54, 1.807) is 0 Å². The predicted octanol–water partition coefficient (Wildman–Crippen LogP) is 1.92. The number of hydrogen-bond donors (Lipinski definition) is 2. The summed E-state index contributed by atoms with van der Waals surface area (Å²) in [6, 6.07) is 6.02. The Morgan fingerprint density at radius 1 is 1.41 bits per heavy atom. The molecule has 4 heteroatoms. The maximum absolute atomic E-state index is 9.20.